The number of urea groups is 1. The maximum absolute atomic E-state index is 14.0. The maximum atomic E-state index is 14.0. The van der Waals surface area contributed by atoms with Crippen LogP contribution in [-0.2, 0) is 4.79 Å². The van der Waals surface area contributed by atoms with Crippen LogP contribution in [0.3, 0.4) is 0 Å². The zero-order valence-electron chi connectivity index (χ0n) is 13.8. The highest BCUT2D eigenvalue weighted by molar-refractivity contribution is 5.82. The molecular weight excluding hydrogens is 313 g/mol. The number of carbonyl (C=O) groups excluding carboxylic acids is 2. The van der Waals surface area contributed by atoms with Crippen LogP contribution in [-0.4, -0.2) is 43.1 Å². The topological polar surface area (TPSA) is 70.7 Å². The fourth-order valence-corrected chi connectivity index (χ4v) is 2.86. The second kappa shape index (κ2) is 6.67. The molecule has 0 radical (unpaired) electrons. The van der Waals surface area contributed by atoms with E-state index in [-0.39, 0.29) is 23.9 Å². The van der Waals surface area contributed by atoms with Crippen LogP contribution in [0.1, 0.15) is 31.4 Å². The van der Waals surface area contributed by atoms with E-state index in [0.29, 0.717) is 24.4 Å². The highest BCUT2D eigenvalue weighted by Gasteiger charge is 2.36. The summed E-state index contributed by atoms with van der Waals surface area (Å²) in [6, 6.07) is 3.79. The van der Waals surface area contributed by atoms with Gasteiger partial charge in [0.2, 0.25) is 5.91 Å². The molecule has 1 aromatic carbocycles. The van der Waals surface area contributed by atoms with E-state index in [9.17, 15) is 14.0 Å². The highest BCUT2D eigenvalue weighted by Crippen LogP contribution is 2.30. The van der Waals surface area contributed by atoms with E-state index in [0.717, 1.165) is 12.8 Å². The number of likely N-dealkylation sites (tertiary alicyclic amines) is 1. The van der Waals surface area contributed by atoms with Gasteiger partial charge in [0.15, 0.2) is 0 Å². The number of halogens is 1. The van der Waals surface area contributed by atoms with E-state index in [1.54, 1.807) is 24.0 Å². The maximum Gasteiger partial charge on any atom is 0.318 e. The lowest BCUT2D eigenvalue weighted by Gasteiger charge is -2.40. The van der Waals surface area contributed by atoms with Crippen molar-refractivity contribution in [2.45, 2.75) is 31.8 Å². The molecule has 2 aliphatic rings. The Balaban J connectivity index is 1.51. The molecule has 1 heterocycles. The van der Waals surface area contributed by atoms with Gasteiger partial charge in [0.25, 0.3) is 0 Å². The van der Waals surface area contributed by atoms with E-state index in [2.05, 4.69) is 10.6 Å². The van der Waals surface area contributed by atoms with Crippen LogP contribution < -0.4 is 15.4 Å². The van der Waals surface area contributed by atoms with Crippen molar-refractivity contribution >= 4 is 11.9 Å². The molecule has 24 heavy (non-hydrogen) atoms. The van der Waals surface area contributed by atoms with Crippen LogP contribution in [0.2, 0.25) is 0 Å². The molecule has 0 spiro atoms. The summed E-state index contributed by atoms with van der Waals surface area (Å²) >= 11 is 0. The molecule has 1 atom stereocenters. The van der Waals surface area contributed by atoms with Crippen LogP contribution in [0.25, 0.3) is 0 Å². The van der Waals surface area contributed by atoms with Crippen molar-refractivity contribution in [2.75, 3.05) is 20.2 Å². The van der Waals surface area contributed by atoms with Crippen molar-refractivity contribution < 1.29 is 18.7 Å². The van der Waals surface area contributed by atoms with E-state index in [1.807, 2.05) is 0 Å². The molecule has 1 aliphatic carbocycles. The summed E-state index contributed by atoms with van der Waals surface area (Å²) in [5.74, 6) is 0.243. The third-order valence-corrected chi connectivity index (χ3v) is 4.47. The number of methoxy groups -OCH3 is 1. The summed E-state index contributed by atoms with van der Waals surface area (Å²) in [7, 11) is 1.47. The summed E-state index contributed by atoms with van der Waals surface area (Å²) < 4.78 is 19.2. The normalized spacial score (nSPS) is 18.5. The van der Waals surface area contributed by atoms with Gasteiger partial charge in [-0.3, -0.25) is 4.79 Å². The molecule has 7 heteroatoms. The minimum atomic E-state index is -0.520. The van der Waals surface area contributed by atoms with Gasteiger partial charge in [-0.25, -0.2) is 9.18 Å². The lowest BCUT2D eigenvalue weighted by atomic mass is 10.1. The number of benzene rings is 1. The zero-order chi connectivity index (χ0) is 17.3. The largest absolute Gasteiger partial charge is 0.496 e. The van der Waals surface area contributed by atoms with Crippen LogP contribution in [0.15, 0.2) is 18.2 Å². The molecule has 6 nitrogen and oxygen atoms in total. The highest BCUT2D eigenvalue weighted by atomic mass is 19.1. The average molecular weight is 335 g/mol. The number of hydrogen-bond acceptors (Lipinski definition) is 3. The fourth-order valence-electron chi connectivity index (χ4n) is 2.86. The van der Waals surface area contributed by atoms with Crippen molar-refractivity contribution in [1.29, 1.82) is 0 Å². The van der Waals surface area contributed by atoms with Gasteiger partial charge >= 0.3 is 6.03 Å². The van der Waals surface area contributed by atoms with Crippen LogP contribution in [0.4, 0.5) is 9.18 Å². The molecule has 0 bridgehead atoms. The Hall–Kier alpha value is -2.31. The van der Waals surface area contributed by atoms with Crippen LogP contribution >= 0.6 is 0 Å². The van der Waals surface area contributed by atoms with Gasteiger partial charge < -0.3 is 20.3 Å². The van der Waals surface area contributed by atoms with E-state index in [4.69, 9.17) is 4.74 Å². The first-order valence-corrected chi connectivity index (χ1v) is 8.17. The lowest BCUT2D eigenvalue weighted by molar-refractivity contribution is -0.123. The number of hydrogen-bond donors (Lipinski definition) is 2. The molecular formula is C17H22FN3O3. The second-order valence-corrected chi connectivity index (χ2v) is 6.41. The van der Waals surface area contributed by atoms with Crippen LogP contribution in [0.5, 0.6) is 5.75 Å². The number of ether oxygens (including phenoxy) is 1. The number of carbonyl (C=O) groups is 2. The van der Waals surface area contributed by atoms with Crippen LogP contribution in [0, 0.1) is 11.7 Å². The molecule has 2 N–H and O–H groups in total. The zero-order valence-corrected chi connectivity index (χ0v) is 13.8. The molecule has 3 rings (SSSR count). The summed E-state index contributed by atoms with van der Waals surface area (Å²) in [6.45, 7) is 2.67. The predicted octanol–water partition coefficient (Wildman–Crippen LogP) is 1.82. The quantitative estimate of drug-likeness (QED) is 0.862. The smallest absolute Gasteiger partial charge is 0.318 e. The fraction of sp³-hybridized carbons (Fsp3) is 0.529. The molecule has 1 saturated carbocycles. The summed E-state index contributed by atoms with van der Waals surface area (Å²) in [5.41, 5.74) is 0.326. The monoisotopic (exact) mass is 335 g/mol. The Kier molecular flexibility index (Phi) is 4.59. The van der Waals surface area contributed by atoms with Crippen molar-refractivity contribution in [3.05, 3.63) is 29.6 Å². The average Bonchev–Trinajstić information content (AvgIpc) is 3.34. The molecule has 1 aliphatic heterocycles. The van der Waals surface area contributed by atoms with Crippen molar-refractivity contribution in [1.82, 2.24) is 15.5 Å². The van der Waals surface area contributed by atoms with Gasteiger partial charge in [0.05, 0.1) is 24.8 Å². The minimum Gasteiger partial charge on any atom is -0.496 e. The van der Waals surface area contributed by atoms with Crippen molar-refractivity contribution in [3.63, 3.8) is 0 Å². The van der Waals surface area contributed by atoms with Gasteiger partial charge in [0.1, 0.15) is 11.6 Å². The summed E-state index contributed by atoms with van der Waals surface area (Å²) in [4.78, 5) is 25.5. The van der Waals surface area contributed by atoms with E-state index < -0.39 is 11.9 Å². The number of nitrogens with zero attached hydrogens (tertiary/aromatic N) is 1. The number of rotatable bonds is 5. The minimum absolute atomic E-state index is 0.0159. The SMILES string of the molecule is COc1cccc(F)c1C(C)NC(=O)N1CC(NC(=O)C2CC2)C1. The summed E-state index contributed by atoms with van der Waals surface area (Å²) in [6.07, 6.45) is 1.93. The lowest BCUT2D eigenvalue weighted by Crippen LogP contribution is -2.63. The Morgan fingerprint density at radius 2 is 2.04 bits per heavy atom. The summed E-state index contributed by atoms with van der Waals surface area (Å²) in [5, 5.41) is 5.71. The Bertz CT molecular complexity index is 642. The Morgan fingerprint density at radius 3 is 2.67 bits per heavy atom. The van der Waals surface area contributed by atoms with E-state index >= 15 is 0 Å². The molecule has 1 saturated heterocycles. The molecule has 130 valence electrons. The standard InChI is InChI=1S/C17H22FN3O3/c1-10(15-13(18)4-3-5-14(15)24-2)19-17(23)21-8-12(9-21)20-16(22)11-6-7-11/h3-5,10-12H,6-9H2,1-2H3,(H,19,23)(H,20,22). The number of nitrogens with one attached hydrogen (secondary N) is 2. The van der Waals surface area contributed by atoms with Gasteiger partial charge in [-0.05, 0) is 31.9 Å². The van der Waals surface area contributed by atoms with Gasteiger partial charge in [-0.15, -0.1) is 0 Å². The third kappa shape index (κ3) is 3.44. The predicted molar refractivity (Wildman–Crippen MR) is 86.1 cm³/mol. The second-order valence-electron chi connectivity index (χ2n) is 6.41. The first-order chi connectivity index (χ1) is 11.5. The molecule has 0 aromatic heterocycles. The molecule has 3 amide bonds. The van der Waals surface area contributed by atoms with Gasteiger partial charge in [-0.1, -0.05) is 6.07 Å². The number of amides is 3. The van der Waals surface area contributed by atoms with E-state index in [1.165, 1.54) is 13.2 Å². The van der Waals surface area contributed by atoms with Crippen molar-refractivity contribution in [2.24, 2.45) is 5.92 Å². The molecule has 1 unspecified atom stereocenters. The van der Waals surface area contributed by atoms with Crippen molar-refractivity contribution in [3.8, 4) is 5.75 Å². The Labute approximate surface area is 140 Å². The molecule has 1 aromatic rings. The van der Waals surface area contributed by atoms with Gasteiger partial charge in [-0.2, -0.15) is 0 Å². The Morgan fingerprint density at radius 1 is 1.33 bits per heavy atom. The third-order valence-electron chi connectivity index (χ3n) is 4.47. The first-order valence-electron chi connectivity index (χ1n) is 8.17. The molecule has 2 fully saturated rings. The first kappa shape index (κ1) is 16.5. The van der Waals surface area contributed by atoms with Gasteiger partial charge in [0, 0.05) is 19.0 Å².